The average molecular weight is 311 g/mol. The third-order valence-electron chi connectivity index (χ3n) is 4.15. The van der Waals surface area contributed by atoms with Crippen LogP contribution in [0.2, 0.25) is 5.02 Å². The SMILES string of the molecule is O=C(N1CCCC1)C1(O)CCCN(c2ncc(Cl)cn2)C1. The fraction of sp³-hybridized carbons (Fsp3) is 0.643. The molecule has 7 heteroatoms. The van der Waals surface area contributed by atoms with Gasteiger partial charge in [0.1, 0.15) is 0 Å². The lowest BCUT2D eigenvalue weighted by Crippen LogP contribution is -2.58. The lowest BCUT2D eigenvalue weighted by Gasteiger charge is -2.39. The summed E-state index contributed by atoms with van der Waals surface area (Å²) < 4.78 is 0. The van der Waals surface area contributed by atoms with E-state index in [1.807, 2.05) is 4.90 Å². The first-order chi connectivity index (χ1) is 10.1. The van der Waals surface area contributed by atoms with Gasteiger partial charge in [-0.1, -0.05) is 11.6 Å². The monoisotopic (exact) mass is 310 g/mol. The molecule has 0 radical (unpaired) electrons. The molecule has 3 rings (SSSR count). The second-order valence-electron chi connectivity index (χ2n) is 5.76. The van der Waals surface area contributed by atoms with Crippen molar-refractivity contribution in [3.8, 4) is 0 Å². The number of halogens is 1. The van der Waals surface area contributed by atoms with Crippen LogP contribution in [0.15, 0.2) is 12.4 Å². The molecule has 2 aliphatic heterocycles. The summed E-state index contributed by atoms with van der Waals surface area (Å²) in [5.74, 6) is 0.352. The van der Waals surface area contributed by atoms with Gasteiger partial charge in [0.15, 0.2) is 5.60 Å². The quantitative estimate of drug-likeness (QED) is 0.885. The number of nitrogens with zero attached hydrogens (tertiary/aromatic N) is 4. The second kappa shape index (κ2) is 5.77. The lowest BCUT2D eigenvalue weighted by molar-refractivity contribution is -0.151. The van der Waals surface area contributed by atoms with Crippen molar-refractivity contribution in [1.82, 2.24) is 14.9 Å². The number of aromatic nitrogens is 2. The molecule has 6 nitrogen and oxygen atoms in total. The van der Waals surface area contributed by atoms with Crippen molar-refractivity contribution in [2.45, 2.75) is 31.3 Å². The molecule has 3 heterocycles. The van der Waals surface area contributed by atoms with E-state index in [4.69, 9.17) is 11.6 Å². The summed E-state index contributed by atoms with van der Waals surface area (Å²) in [6, 6.07) is 0. The maximum atomic E-state index is 12.5. The fourth-order valence-electron chi connectivity index (χ4n) is 3.06. The molecule has 1 unspecified atom stereocenters. The summed E-state index contributed by atoms with van der Waals surface area (Å²) in [5, 5.41) is 11.2. The number of hydrogen-bond acceptors (Lipinski definition) is 5. The summed E-state index contributed by atoms with van der Waals surface area (Å²) >= 11 is 5.79. The van der Waals surface area contributed by atoms with Crippen LogP contribution >= 0.6 is 11.6 Å². The highest BCUT2D eigenvalue weighted by molar-refractivity contribution is 6.30. The Labute approximate surface area is 128 Å². The minimum absolute atomic E-state index is 0.154. The van der Waals surface area contributed by atoms with Gasteiger partial charge in [-0.05, 0) is 25.7 Å². The van der Waals surface area contributed by atoms with Crippen LogP contribution in [-0.4, -0.2) is 57.7 Å². The van der Waals surface area contributed by atoms with Gasteiger partial charge in [-0.3, -0.25) is 4.79 Å². The van der Waals surface area contributed by atoms with E-state index in [1.54, 1.807) is 4.90 Å². The normalized spacial score (nSPS) is 26.2. The zero-order valence-corrected chi connectivity index (χ0v) is 12.6. The van der Waals surface area contributed by atoms with E-state index in [0.29, 0.717) is 17.4 Å². The molecule has 1 aromatic rings. The summed E-state index contributed by atoms with van der Waals surface area (Å²) in [6.07, 6.45) is 6.33. The number of anilines is 1. The Morgan fingerprint density at radius 1 is 1.19 bits per heavy atom. The van der Waals surface area contributed by atoms with Crippen LogP contribution in [0.1, 0.15) is 25.7 Å². The molecule has 1 amide bonds. The van der Waals surface area contributed by atoms with Crippen molar-refractivity contribution in [2.24, 2.45) is 0 Å². The van der Waals surface area contributed by atoms with Crippen LogP contribution in [0.4, 0.5) is 5.95 Å². The van der Waals surface area contributed by atoms with E-state index in [9.17, 15) is 9.90 Å². The Morgan fingerprint density at radius 2 is 1.86 bits per heavy atom. The van der Waals surface area contributed by atoms with Crippen molar-refractivity contribution in [3.05, 3.63) is 17.4 Å². The standard InChI is InChI=1S/C14H19ClN4O2/c15-11-8-16-13(17-9-11)19-7-3-4-14(21,10-19)12(20)18-5-1-2-6-18/h8-9,21H,1-7,10H2. The predicted octanol–water partition coefficient (Wildman–Crippen LogP) is 1.08. The van der Waals surface area contributed by atoms with E-state index >= 15 is 0 Å². The first kappa shape index (κ1) is 14.5. The first-order valence-electron chi connectivity index (χ1n) is 7.33. The molecular weight excluding hydrogens is 292 g/mol. The molecule has 2 saturated heterocycles. The molecule has 0 saturated carbocycles. The number of β-amino-alcohol motifs (C(OH)–C–C–N with tert-alkyl or cyclic N) is 1. The number of rotatable bonds is 2. The highest BCUT2D eigenvalue weighted by atomic mass is 35.5. The highest BCUT2D eigenvalue weighted by Crippen LogP contribution is 2.27. The molecule has 0 aromatic carbocycles. The van der Waals surface area contributed by atoms with Crippen molar-refractivity contribution >= 4 is 23.5 Å². The fourth-order valence-corrected chi connectivity index (χ4v) is 3.16. The van der Waals surface area contributed by atoms with Crippen molar-refractivity contribution < 1.29 is 9.90 Å². The Kier molecular flexibility index (Phi) is 3.99. The number of carbonyl (C=O) groups excluding carboxylic acids is 1. The van der Waals surface area contributed by atoms with Crippen LogP contribution < -0.4 is 4.90 Å². The van der Waals surface area contributed by atoms with E-state index < -0.39 is 5.60 Å². The van der Waals surface area contributed by atoms with Crippen LogP contribution in [-0.2, 0) is 4.79 Å². The Bertz CT molecular complexity index is 518. The van der Waals surface area contributed by atoms with E-state index in [-0.39, 0.29) is 12.5 Å². The zero-order chi connectivity index (χ0) is 14.9. The van der Waals surface area contributed by atoms with E-state index in [1.165, 1.54) is 12.4 Å². The second-order valence-corrected chi connectivity index (χ2v) is 6.19. The maximum Gasteiger partial charge on any atom is 0.256 e. The molecule has 0 spiro atoms. The lowest BCUT2D eigenvalue weighted by atomic mass is 9.91. The van der Waals surface area contributed by atoms with Gasteiger partial charge in [-0.2, -0.15) is 0 Å². The number of likely N-dealkylation sites (tertiary alicyclic amines) is 1. The van der Waals surface area contributed by atoms with Gasteiger partial charge in [0.2, 0.25) is 5.95 Å². The summed E-state index contributed by atoms with van der Waals surface area (Å²) in [4.78, 5) is 24.5. The van der Waals surface area contributed by atoms with Crippen molar-refractivity contribution in [1.29, 1.82) is 0 Å². The first-order valence-corrected chi connectivity index (χ1v) is 7.70. The molecule has 114 valence electrons. The summed E-state index contributed by atoms with van der Waals surface area (Å²) in [7, 11) is 0. The van der Waals surface area contributed by atoms with Gasteiger partial charge in [-0.15, -0.1) is 0 Å². The van der Waals surface area contributed by atoms with Gasteiger partial charge in [0.25, 0.3) is 5.91 Å². The van der Waals surface area contributed by atoms with E-state index in [0.717, 1.165) is 38.9 Å². The number of piperidine rings is 1. The minimum Gasteiger partial charge on any atom is -0.378 e. The Balaban J connectivity index is 1.75. The van der Waals surface area contributed by atoms with Gasteiger partial charge >= 0.3 is 0 Å². The topological polar surface area (TPSA) is 69.6 Å². The average Bonchev–Trinajstić information content (AvgIpc) is 3.01. The van der Waals surface area contributed by atoms with Gasteiger partial charge in [-0.25, -0.2) is 9.97 Å². The molecule has 1 aromatic heterocycles. The van der Waals surface area contributed by atoms with Gasteiger partial charge in [0, 0.05) is 19.6 Å². The number of carbonyl (C=O) groups is 1. The number of hydrogen-bond donors (Lipinski definition) is 1. The van der Waals surface area contributed by atoms with Crippen molar-refractivity contribution in [3.63, 3.8) is 0 Å². The highest BCUT2D eigenvalue weighted by Gasteiger charge is 2.43. The smallest absolute Gasteiger partial charge is 0.256 e. The minimum atomic E-state index is -1.33. The van der Waals surface area contributed by atoms with Gasteiger partial charge < -0.3 is 14.9 Å². The Morgan fingerprint density at radius 3 is 2.52 bits per heavy atom. The molecule has 2 fully saturated rings. The zero-order valence-electron chi connectivity index (χ0n) is 11.8. The van der Waals surface area contributed by atoms with Crippen LogP contribution in [0.5, 0.6) is 0 Å². The third kappa shape index (κ3) is 2.96. The molecule has 1 N–H and O–H groups in total. The van der Waals surface area contributed by atoms with Crippen LogP contribution in [0.25, 0.3) is 0 Å². The number of amides is 1. The molecule has 2 aliphatic rings. The van der Waals surface area contributed by atoms with Gasteiger partial charge in [0.05, 0.1) is 24.0 Å². The largest absolute Gasteiger partial charge is 0.378 e. The molecule has 21 heavy (non-hydrogen) atoms. The van der Waals surface area contributed by atoms with E-state index in [2.05, 4.69) is 9.97 Å². The molecule has 0 bridgehead atoms. The van der Waals surface area contributed by atoms with Crippen LogP contribution in [0, 0.1) is 0 Å². The molecular formula is C14H19ClN4O2. The molecule has 1 atom stereocenters. The molecule has 0 aliphatic carbocycles. The Hall–Kier alpha value is -1.40. The number of aliphatic hydroxyl groups is 1. The van der Waals surface area contributed by atoms with Crippen LogP contribution in [0.3, 0.4) is 0 Å². The predicted molar refractivity (Wildman–Crippen MR) is 79.3 cm³/mol. The summed E-state index contributed by atoms with van der Waals surface area (Å²) in [5.41, 5.74) is -1.33. The third-order valence-corrected chi connectivity index (χ3v) is 4.35. The summed E-state index contributed by atoms with van der Waals surface area (Å²) in [6.45, 7) is 2.47. The van der Waals surface area contributed by atoms with Crippen molar-refractivity contribution in [2.75, 3.05) is 31.1 Å². The maximum absolute atomic E-state index is 12.5.